The largest absolute Gasteiger partial charge is 0.373 e. The van der Waals surface area contributed by atoms with Gasteiger partial charge in [-0.3, -0.25) is 4.90 Å². The Kier molecular flexibility index (Phi) is 4.42. The second-order valence-corrected chi connectivity index (χ2v) is 6.77. The van der Waals surface area contributed by atoms with Crippen LogP contribution in [0.5, 0.6) is 0 Å². The zero-order valence-corrected chi connectivity index (χ0v) is 13.7. The smallest absolute Gasteiger partial charge is 0.214 e. The fourth-order valence-corrected chi connectivity index (χ4v) is 3.70. The zero-order valence-electron chi connectivity index (χ0n) is 12.9. The van der Waals surface area contributed by atoms with Gasteiger partial charge in [-0.15, -0.1) is 5.10 Å². The van der Waals surface area contributed by atoms with E-state index in [4.69, 9.17) is 4.74 Å². The van der Waals surface area contributed by atoms with E-state index in [0.717, 1.165) is 48.4 Å². The van der Waals surface area contributed by atoms with Crippen LogP contribution in [0.1, 0.15) is 26.0 Å². The van der Waals surface area contributed by atoms with Crippen molar-refractivity contribution in [2.75, 3.05) is 31.5 Å². The zero-order chi connectivity index (χ0) is 14.8. The van der Waals surface area contributed by atoms with Gasteiger partial charge in [-0.2, -0.15) is 0 Å². The third kappa shape index (κ3) is 3.72. The van der Waals surface area contributed by atoms with Crippen LogP contribution in [0.15, 0.2) is 6.20 Å². The third-order valence-corrected chi connectivity index (χ3v) is 4.47. The molecule has 21 heavy (non-hydrogen) atoms. The van der Waals surface area contributed by atoms with Gasteiger partial charge in [0.1, 0.15) is 0 Å². The Balaban J connectivity index is 1.42. The van der Waals surface area contributed by atoms with Crippen LogP contribution >= 0.6 is 11.3 Å². The van der Waals surface area contributed by atoms with E-state index >= 15 is 0 Å². The number of hydrogen-bond donors (Lipinski definition) is 1. The van der Waals surface area contributed by atoms with Crippen molar-refractivity contribution in [1.82, 2.24) is 19.5 Å². The monoisotopic (exact) mass is 309 g/mol. The Morgan fingerprint density at radius 2 is 2.14 bits per heavy atom. The van der Waals surface area contributed by atoms with E-state index in [2.05, 4.69) is 34.1 Å². The quantitative estimate of drug-likeness (QED) is 0.856. The molecule has 1 saturated heterocycles. The first kappa shape index (κ1) is 14.7. The van der Waals surface area contributed by atoms with Gasteiger partial charge < -0.3 is 10.1 Å². The summed E-state index contributed by atoms with van der Waals surface area (Å²) in [5, 5.41) is 8.81. The van der Waals surface area contributed by atoms with Crippen molar-refractivity contribution in [2.45, 2.75) is 39.4 Å². The molecule has 0 saturated carbocycles. The normalized spacial score (nSPS) is 23.8. The number of aromatic nitrogens is 3. The molecule has 0 bridgehead atoms. The van der Waals surface area contributed by atoms with Crippen molar-refractivity contribution >= 4 is 21.4 Å². The molecule has 3 heterocycles. The van der Waals surface area contributed by atoms with Crippen molar-refractivity contribution in [3.63, 3.8) is 0 Å². The molecule has 0 amide bonds. The van der Waals surface area contributed by atoms with Crippen LogP contribution in [0.4, 0.5) is 5.13 Å². The summed E-state index contributed by atoms with van der Waals surface area (Å²) in [5.74, 6) is 0. The summed E-state index contributed by atoms with van der Waals surface area (Å²) in [6.07, 6.45) is 3.75. The van der Waals surface area contributed by atoms with E-state index in [1.165, 1.54) is 0 Å². The Morgan fingerprint density at radius 1 is 1.38 bits per heavy atom. The van der Waals surface area contributed by atoms with Crippen molar-refractivity contribution in [1.29, 1.82) is 0 Å². The van der Waals surface area contributed by atoms with Crippen LogP contribution in [0, 0.1) is 6.92 Å². The first-order chi connectivity index (χ1) is 10.1. The molecule has 6 nitrogen and oxygen atoms in total. The summed E-state index contributed by atoms with van der Waals surface area (Å²) >= 11 is 1.60. The molecule has 7 heteroatoms. The molecule has 0 radical (unpaired) electrons. The molecule has 3 rings (SSSR count). The number of imidazole rings is 1. The van der Waals surface area contributed by atoms with Crippen LogP contribution in [0.25, 0.3) is 4.96 Å². The Hall–Kier alpha value is -1.18. The number of ether oxygens (including phenoxy) is 1. The van der Waals surface area contributed by atoms with E-state index in [9.17, 15) is 0 Å². The molecule has 2 atom stereocenters. The lowest BCUT2D eigenvalue weighted by molar-refractivity contribution is -0.0678. The molecule has 2 aromatic rings. The van der Waals surface area contributed by atoms with Crippen LogP contribution in [0.3, 0.4) is 0 Å². The van der Waals surface area contributed by atoms with Crippen molar-refractivity contribution in [3.05, 3.63) is 11.9 Å². The first-order valence-electron chi connectivity index (χ1n) is 7.54. The second kappa shape index (κ2) is 6.29. The second-order valence-electron chi connectivity index (χ2n) is 5.81. The number of rotatable bonds is 5. The van der Waals surface area contributed by atoms with Crippen LogP contribution in [-0.4, -0.2) is 57.9 Å². The van der Waals surface area contributed by atoms with E-state index in [1.807, 2.05) is 17.6 Å². The molecule has 0 aliphatic carbocycles. The molecule has 2 aromatic heterocycles. The van der Waals surface area contributed by atoms with Gasteiger partial charge in [0.15, 0.2) is 0 Å². The summed E-state index contributed by atoms with van der Waals surface area (Å²) in [6.45, 7) is 10.4. The van der Waals surface area contributed by atoms with E-state index in [0.29, 0.717) is 12.2 Å². The molecule has 1 fully saturated rings. The highest BCUT2D eigenvalue weighted by Gasteiger charge is 2.21. The minimum Gasteiger partial charge on any atom is -0.373 e. The number of nitrogens with zero attached hydrogens (tertiary/aromatic N) is 4. The topological polar surface area (TPSA) is 54.7 Å². The van der Waals surface area contributed by atoms with Crippen molar-refractivity contribution in [3.8, 4) is 0 Å². The van der Waals surface area contributed by atoms with Gasteiger partial charge in [0.05, 0.1) is 24.1 Å². The minimum absolute atomic E-state index is 0.344. The maximum atomic E-state index is 5.75. The number of anilines is 1. The molecule has 1 aliphatic rings. The number of aryl methyl sites for hydroxylation is 1. The summed E-state index contributed by atoms with van der Waals surface area (Å²) in [7, 11) is 0. The maximum Gasteiger partial charge on any atom is 0.214 e. The Labute approximate surface area is 129 Å². The molecule has 0 aromatic carbocycles. The molecule has 2 unspecified atom stereocenters. The summed E-state index contributed by atoms with van der Waals surface area (Å²) in [4.78, 5) is 7.84. The van der Waals surface area contributed by atoms with Gasteiger partial charge in [-0.05, 0) is 27.2 Å². The SMILES string of the molecule is Cc1cn2nc(NCCCN3CC(C)OC(C)C3)sc2n1. The van der Waals surface area contributed by atoms with Gasteiger partial charge in [-0.25, -0.2) is 9.50 Å². The summed E-state index contributed by atoms with van der Waals surface area (Å²) in [6, 6.07) is 0. The highest BCUT2D eigenvalue weighted by atomic mass is 32.1. The standard InChI is InChI=1S/C14H23N5OS/c1-10-7-19-14(16-10)21-13(17-19)15-5-4-6-18-8-11(2)20-12(3)9-18/h7,11-12H,4-6,8-9H2,1-3H3,(H,15,17). The van der Waals surface area contributed by atoms with Crippen LogP contribution < -0.4 is 5.32 Å². The fraction of sp³-hybridized carbons (Fsp3) is 0.714. The molecule has 0 spiro atoms. The number of nitrogens with one attached hydrogen (secondary N) is 1. The Morgan fingerprint density at radius 3 is 2.86 bits per heavy atom. The van der Waals surface area contributed by atoms with Gasteiger partial charge >= 0.3 is 0 Å². The van der Waals surface area contributed by atoms with Crippen LogP contribution in [0.2, 0.25) is 0 Å². The minimum atomic E-state index is 0.344. The van der Waals surface area contributed by atoms with Gasteiger partial charge in [0, 0.05) is 26.2 Å². The lowest BCUT2D eigenvalue weighted by Gasteiger charge is -2.35. The number of morpholine rings is 1. The predicted octanol–water partition coefficient (Wildman–Crippen LogP) is 2.01. The fourth-order valence-electron chi connectivity index (χ4n) is 2.85. The average Bonchev–Trinajstić information content (AvgIpc) is 2.90. The highest BCUT2D eigenvalue weighted by Crippen LogP contribution is 2.18. The first-order valence-corrected chi connectivity index (χ1v) is 8.36. The average molecular weight is 309 g/mol. The molecule has 1 N–H and O–H groups in total. The van der Waals surface area contributed by atoms with E-state index in [-0.39, 0.29) is 0 Å². The van der Waals surface area contributed by atoms with E-state index in [1.54, 1.807) is 11.3 Å². The van der Waals surface area contributed by atoms with Gasteiger partial charge in [0.2, 0.25) is 10.1 Å². The molecule has 116 valence electrons. The third-order valence-electron chi connectivity index (χ3n) is 3.59. The van der Waals surface area contributed by atoms with Crippen molar-refractivity contribution < 1.29 is 4.74 Å². The van der Waals surface area contributed by atoms with Gasteiger partial charge in [0.25, 0.3) is 0 Å². The molecule has 1 aliphatic heterocycles. The van der Waals surface area contributed by atoms with Crippen molar-refractivity contribution in [2.24, 2.45) is 0 Å². The lowest BCUT2D eigenvalue weighted by atomic mass is 10.2. The predicted molar refractivity (Wildman–Crippen MR) is 85.2 cm³/mol. The highest BCUT2D eigenvalue weighted by molar-refractivity contribution is 7.20. The van der Waals surface area contributed by atoms with E-state index < -0.39 is 0 Å². The number of hydrogen-bond acceptors (Lipinski definition) is 6. The lowest BCUT2D eigenvalue weighted by Crippen LogP contribution is -2.45. The summed E-state index contributed by atoms with van der Waals surface area (Å²) in [5.41, 5.74) is 1.01. The maximum absolute atomic E-state index is 5.75. The number of fused-ring (bicyclic) bond motifs is 1. The van der Waals surface area contributed by atoms with Gasteiger partial charge in [-0.1, -0.05) is 11.3 Å². The Bertz CT molecular complexity index is 554. The molecular weight excluding hydrogens is 286 g/mol. The van der Waals surface area contributed by atoms with Crippen LogP contribution in [-0.2, 0) is 4.74 Å². The summed E-state index contributed by atoms with van der Waals surface area (Å²) < 4.78 is 7.59. The molecular formula is C14H23N5OS.